The van der Waals surface area contributed by atoms with Crippen LogP contribution >= 0.6 is 11.6 Å². The lowest BCUT2D eigenvalue weighted by Crippen LogP contribution is -2.38. The van der Waals surface area contributed by atoms with Crippen LogP contribution in [0.25, 0.3) is 0 Å². The van der Waals surface area contributed by atoms with Gasteiger partial charge in [0.05, 0.1) is 12.0 Å². The van der Waals surface area contributed by atoms with Crippen LogP contribution < -0.4 is 14.8 Å². The van der Waals surface area contributed by atoms with Crippen LogP contribution in [0, 0.1) is 0 Å². The third-order valence-corrected chi connectivity index (χ3v) is 5.56. The highest BCUT2D eigenvalue weighted by Crippen LogP contribution is 2.36. The van der Waals surface area contributed by atoms with Crippen LogP contribution in [0.15, 0.2) is 70.4 Å². The Kier molecular flexibility index (Phi) is 5.03. The van der Waals surface area contributed by atoms with Gasteiger partial charge in [0.25, 0.3) is 5.91 Å². The zero-order chi connectivity index (χ0) is 21.4. The molecule has 3 aromatic rings. The van der Waals surface area contributed by atoms with Crippen molar-refractivity contribution >= 4 is 28.9 Å². The molecule has 31 heavy (non-hydrogen) atoms. The molecule has 0 saturated heterocycles. The van der Waals surface area contributed by atoms with Crippen LogP contribution in [0.2, 0.25) is 5.02 Å². The van der Waals surface area contributed by atoms with E-state index in [0.717, 1.165) is 17.0 Å². The highest BCUT2D eigenvalue weighted by atomic mass is 35.5. The molecule has 1 amide bonds. The van der Waals surface area contributed by atoms with Crippen molar-refractivity contribution in [1.29, 1.82) is 0 Å². The second-order valence-electron chi connectivity index (χ2n) is 7.41. The van der Waals surface area contributed by atoms with Crippen molar-refractivity contribution in [2.45, 2.75) is 25.4 Å². The Hall–Kier alpha value is -3.45. The second-order valence-corrected chi connectivity index (χ2v) is 7.84. The van der Waals surface area contributed by atoms with Crippen molar-refractivity contribution in [2.75, 3.05) is 12.1 Å². The summed E-state index contributed by atoms with van der Waals surface area (Å²) in [5.74, 6) is 1.88. The number of hydrogen-bond donors (Lipinski definition) is 1. The molecule has 1 N–H and O–H groups in total. The molecule has 0 saturated carbocycles. The first-order valence-electron chi connectivity index (χ1n) is 9.94. The first-order valence-corrected chi connectivity index (χ1v) is 10.3. The van der Waals surface area contributed by atoms with E-state index in [4.69, 9.17) is 25.5 Å². The molecule has 8 heteroatoms. The minimum atomic E-state index is -0.522. The molecule has 1 aromatic heterocycles. The number of nitrogens with zero attached hydrogens (tertiary/aromatic N) is 2. The van der Waals surface area contributed by atoms with Crippen molar-refractivity contribution in [3.05, 3.63) is 77.2 Å². The number of hydrazone groups is 1. The van der Waals surface area contributed by atoms with Crippen molar-refractivity contribution in [3.8, 4) is 11.5 Å². The standard InChI is InChI=1S/C23H20ClN3O4/c1-14(25-17-8-9-21-22(11-17)31-13-30-21)23(28)27-19(20-3-2-10-29-20)12-18(26-27)15-4-6-16(24)7-5-15/h2-11,14,19,25H,12-13H2,1H3/t14-,19-/m0/s1. The monoisotopic (exact) mass is 437 g/mol. The van der Waals surface area contributed by atoms with Crippen molar-refractivity contribution < 1.29 is 18.7 Å². The van der Waals surface area contributed by atoms with Gasteiger partial charge in [-0.3, -0.25) is 4.79 Å². The largest absolute Gasteiger partial charge is 0.467 e. The highest BCUT2D eigenvalue weighted by molar-refractivity contribution is 6.30. The Morgan fingerprint density at radius 3 is 2.74 bits per heavy atom. The molecule has 2 atom stereocenters. The van der Waals surface area contributed by atoms with Crippen LogP contribution in [-0.2, 0) is 4.79 Å². The van der Waals surface area contributed by atoms with E-state index in [2.05, 4.69) is 10.4 Å². The third-order valence-electron chi connectivity index (χ3n) is 5.31. The molecule has 2 aromatic carbocycles. The topological polar surface area (TPSA) is 76.3 Å². The number of nitrogens with one attached hydrogen (secondary N) is 1. The Morgan fingerprint density at radius 2 is 1.97 bits per heavy atom. The normalized spacial score (nSPS) is 18.1. The van der Waals surface area contributed by atoms with E-state index >= 15 is 0 Å². The molecule has 7 nitrogen and oxygen atoms in total. The third kappa shape index (κ3) is 3.84. The van der Waals surface area contributed by atoms with E-state index in [-0.39, 0.29) is 18.7 Å². The number of hydrogen-bond acceptors (Lipinski definition) is 6. The molecule has 158 valence electrons. The van der Waals surface area contributed by atoms with Crippen LogP contribution in [0.3, 0.4) is 0 Å². The number of anilines is 1. The van der Waals surface area contributed by atoms with E-state index in [1.165, 1.54) is 5.01 Å². The Balaban J connectivity index is 1.39. The SMILES string of the molecule is C[C@H](Nc1ccc2c(c1)OCO2)C(=O)N1N=C(c2ccc(Cl)cc2)C[C@H]1c1ccco1. The predicted octanol–water partition coefficient (Wildman–Crippen LogP) is 4.84. The number of benzene rings is 2. The lowest BCUT2D eigenvalue weighted by Gasteiger charge is -2.24. The first kappa shape index (κ1) is 19.5. The maximum atomic E-state index is 13.4. The zero-order valence-electron chi connectivity index (χ0n) is 16.7. The summed E-state index contributed by atoms with van der Waals surface area (Å²) in [6, 6.07) is 15.8. The number of ether oxygens (including phenoxy) is 2. The quantitative estimate of drug-likeness (QED) is 0.618. The summed E-state index contributed by atoms with van der Waals surface area (Å²) in [6.45, 7) is 2.01. The van der Waals surface area contributed by atoms with Crippen molar-refractivity contribution in [2.24, 2.45) is 5.10 Å². The molecule has 0 aliphatic carbocycles. The van der Waals surface area contributed by atoms with Gasteiger partial charge < -0.3 is 19.2 Å². The Labute approximate surface area is 184 Å². The van der Waals surface area contributed by atoms with Crippen molar-refractivity contribution in [3.63, 3.8) is 0 Å². The van der Waals surface area contributed by atoms with E-state index < -0.39 is 6.04 Å². The van der Waals surface area contributed by atoms with Crippen LogP contribution in [0.5, 0.6) is 11.5 Å². The molecule has 0 fully saturated rings. The van der Waals surface area contributed by atoms with E-state index in [1.54, 1.807) is 6.26 Å². The summed E-state index contributed by atoms with van der Waals surface area (Å²) in [5.41, 5.74) is 2.50. The highest BCUT2D eigenvalue weighted by Gasteiger charge is 2.36. The smallest absolute Gasteiger partial charge is 0.265 e. The van der Waals surface area contributed by atoms with Gasteiger partial charge in [0.1, 0.15) is 17.8 Å². The molecule has 5 rings (SSSR count). The number of carbonyl (C=O) groups excluding carboxylic acids is 1. The molecule has 2 aliphatic rings. The summed E-state index contributed by atoms with van der Waals surface area (Å²) in [6.07, 6.45) is 2.16. The van der Waals surface area contributed by atoms with E-state index in [0.29, 0.717) is 28.7 Å². The Morgan fingerprint density at radius 1 is 1.16 bits per heavy atom. The summed E-state index contributed by atoms with van der Waals surface area (Å²) < 4.78 is 16.4. The average molecular weight is 438 g/mol. The van der Waals surface area contributed by atoms with Gasteiger partial charge in [0.2, 0.25) is 6.79 Å². The fourth-order valence-corrected chi connectivity index (χ4v) is 3.86. The molecule has 2 aliphatic heterocycles. The van der Waals surface area contributed by atoms with Gasteiger partial charge in [-0.05, 0) is 48.9 Å². The minimum Gasteiger partial charge on any atom is -0.467 e. The summed E-state index contributed by atoms with van der Waals surface area (Å²) in [4.78, 5) is 13.4. The molecular formula is C23H20ClN3O4. The van der Waals surface area contributed by atoms with Crippen LogP contribution in [0.1, 0.15) is 30.7 Å². The Bertz CT molecular complexity index is 1130. The second kappa shape index (κ2) is 8.00. The maximum Gasteiger partial charge on any atom is 0.265 e. The van der Waals surface area contributed by atoms with Gasteiger partial charge in [-0.1, -0.05) is 23.7 Å². The molecule has 0 bridgehead atoms. The molecule has 0 radical (unpaired) electrons. The maximum absolute atomic E-state index is 13.4. The van der Waals surface area contributed by atoms with Gasteiger partial charge in [-0.25, -0.2) is 5.01 Å². The van der Waals surface area contributed by atoms with Gasteiger partial charge in [0.15, 0.2) is 11.5 Å². The minimum absolute atomic E-state index is 0.164. The van der Waals surface area contributed by atoms with Gasteiger partial charge in [-0.2, -0.15) is 5.10 Å². The van der Waals surface area contributed by atoms with Gasteiger partial charge in [-0.15, -0.1) is 0 Å². The number of furan rings is 1. The number of rotatable bonds is 5. The fraction of sp³-hybridized carbons (Fsp3) is 0.217. The molecule has 3 heterocycles. The summed E-state index contributed by atoms with van der Waals surface area (Å²) >= 11 is 6.02. The number of carbonyl (C=O) groups is 1. The van der Waals surface area contributed by atoms with Gasteiger partial charge >= 0.3 is 0 Å². The predicted molar refractivity (Wildman–Crippen MR) is 117 cm³/mol. The first-order chi connectivity index (χ1) is 15.1. The van der Waals surface area contributed by atoms with Crippen LogP contribution in [-0.4, -0.2) is 29.5 Å². The number of amides is 1. The molecule has 0 unspecified atom stereocenters. The van der Waals surface area contributed by atoms with E-state index in [1.807, 2.05) is 61.5 Å². The fourth-order valence-electron chi connectivity index (χ4n) is 3.73. The van der Waals surface area contributed by atoms with Crippen molar-refractivity contribution in [1.82, 2.24) is 5.01 Å². The van der Waals surface area contributed by atoms with E-state index in [9.17, 15) is 4.79 Å². The molecule has 0 spiro atoms. The summed E-state index contributed by atoms with van der Waals surface area (Å²) in [5, 5.41) is 10.1. The average Bonchev–Trinajstić information content (AvgIpc) is 3.53. The molecular weight excluding hydrogens is 418 g/mol. The summed E-state index contributed by atoms with van der Waals surface area (Å²) in [7, 11) is 0. The lowest BCUT2D eigenvalue weighted by molar-refractivity contribution is -0.133. The zero-order valence-corrected chi connectivity index (χ0v) is 17.5. The lowest BCUT2D eigenvalue weighted by atomic mass is 10.0. The number of halogens is 1. The number of fused-ring (bicyclic) bond motifs is 1. The van der Waals surface area contributed by atoms with Crippen LogP contribution in [0.4, 0.5) is 5.69 Å². The van der Waals surface area contributed by atoms with Gasteiger partial charge in [0, 0.05) is 23.2 Å².